The van der Waals surface area contributed by atoms with Crippen molar-refractivity contribution in [3.05, 3.63) is 95.8 Å². The van der Waals surface area contributed by atoms with Gasteiger partial charge in [-0.3, -0.25) is 0 Å². The second kappa shape index (κ2) is 9.80. The molecular weight excluding hydrogens is 382 g/mol. The van der Waals surface area contributed by atoms with E-state index < -0.39 is 0 Å². The molecule has 0 saturated carbocycles. The topological polar surface area (TPSA) is 47.9 Å². The van der Waals surface area contributed by atoms with Crippen LogP contribution < -0.4 is 5.32 Å². The molecule has 0 aliphatic carbocycles. The number of aliphatic hydroxyl groups is 1. The third-order valence-electron chi connectivity index (χ3n) is 6.04. The Hall–Kier alpha value is -3.11. The first-order valence-electron chi connectivity index (χ1n) is 11.1. The summed E-state index contributed by atoms with van der Waals surface area (Å²) in [5, 5.41) is 12.9. The average molecular weight is 414 g/mol. The van der Waals surface area contributed by atoms with Gasteiger partial charge in [-0.2, -0.15) is 0 Å². The molecule has 0 bridgehead atoms. The van der Waals surface area contributed by atoms with Gasteiger partial charge in [-0.1, -0.05) is 67.2 Å². The average Bonchev–Trinajstić information content (AvgIpc) is 2.81. The molecule has 31 heavy (non-hydrogen) atoms. The Morgan fingerprint density at radius 1 is 1.06 bits per heavy atom. The summed E-state index contributed by atoms with van der Waals surface area (Å²) in [4.78, 5) is 7.45. The smallest absolute Gasteiger partial charge is 0.140 e. The van der Waals surface area contributed by atoms with E-state index in [9.17, 15) is 5.11 Å². The van der Waals surface area contributed by atoms with Gasteiger partial charge in [-0.05, 0) is 48.8 Å². The standard InChI is InChI=1S/C27H31N3O/c1-20(2)26(23-11-7-4-8-12-23)27-28-24(22-9-5-3-6-10-22)19-25(29-27)30-16-13-21(14-17-30)15-18-31/h3-12,19,21,28,31H,1,13-18H2,2H3/b27-26+. The number of likely N-dealkylation sites (tertiary alicyclic amines) is 1. The number of hydrogen-bond acceptors (Lipinski definition) is 4. The Balaban J connectivity index is 1.74. The van der Waals surface area contributed by atoms with Crippen molar-refractivity contribution in [3.8, 4) is 0 Å². The first-order valence-corrected chi connectivity index (χ1v) is 11.1. The highest BCUT2D eigenvalue weighted by molar-refractivity contribution is 6.02. The summed E-state index contributed by atoms with van der Waals surface area (Å²) in [6, 6.07) is 20.7. The van der Waals surface area contributed by atoms with Crippen molar-refractivity contribution >= 4 is 17.1 Å². The fourth-order valence-electron chi connectivity index (χ4n) is 4.34. The minimum absolute atomic E-state index is 0.277. The van der Waals surface area contributed by atoms with Gasteiger partial charge in [-0.25, -0.2) is 4.99 Å². The lowest BCUT2D eigenvalue weighted by atomic mass is 9.93. The first kappa shape index (κ1) is 21.1. The molecular formula is C27H31N3O. The van der Waals surface area contributed by atoms with E-state index in [0.29, 0.717) is 5.92 Å². The van der Waals surface area contributed by atoms with Crippen LogP contribution in [0.3, 0.4) is 0 Å². The van der Waals surface area contributed by atoms with Gasteiger partial charge in [0.1, 0.15) is 11.7 Å². The normalized spacial score (nSPS) is 18.7. The fraction of sp³-hybridized carbons (Fsp3) is 0.296. The summed E-state index contributed by atoms with van der Waals surface area (Å²) in [5.41, 5.74) is 5.31. The molecule has 0 spiro atoms. The van der Waals surface area contributed by atoms with Crippen molar-refractivity contribution in [2.24, 2.45) is 10.9 Å². The number of piperidine rings is 1. The number of benzene rings is 2. The lowest BCUT2D eigenvalue weighted by molar-refractivity contribution is 0.204. The lowest BCUT2D eigenvalue weighted by Gasteiger charge is -2.35. The molecule has 160 valence electrons. The largest absolute Gasteiger partial charge is 0.396 e. The van der Waals surface area contributed by atoms with E-state index in [1.54, 1.807) is 0 Å². The van der Waals surface area contributed by atoms with Crippen LogP contribution in [-0.4, -0.2) is 35.5 Å². The number of nitrogens with zero attached hydrogens (tertiary/aromatic N) is 2. The zero-order chi connectivity index (χ0) is 21.6. The Labute approximate surface area is 185 Å². The zero-order valence-electron chi connectivity index (χ0n) is 18.2. The summed E-state index contributed by atoms with van der Waals surface area (Å²) >= 11 is 0. The van der Waals surface area contributed by atoms with Crippen molar-refractivity contribution in [1.29, 1.82) is 0 Å². The Bertz CT molecular complexity index is 997. The molecule has 2 heterocycles. The Morgan fingerprint density at radius 2 is 1.71 bits per heavy atom. The minimum atomic E-state index is 0.277. The zero-order valence-corrected chi connectivity index (χ0v) is 18.2. The third kappa shape index (κ3) is 4.97. The van der Waals surface area contributed by atoms with Crippen molar-refractivity contribution < 1.29 is 5.11 Å². The van der Waals surface area contributed by atoms with Crippen LogP contribution in [0.1, 0.15) is 37.3 Å². The van der Waals surface area contributed by atoms with Crippen LogP contribution in [-0.2, 0) is 0 Å². The van der Waals surface area contributed by atoms with Gasteiger partial charge in [0, 0.05) is 31.3 Å². The predicted molar refractivity (Wildman–Crippen MR) is 129 cm³/mol. The van der Waals surface area contributed by atoms with Crippen molar-refractivity contribution in [2.45, 2.75) is 26.2 Å². The van der Waals surface area contributed by atoms with Gasteiger partial charge >= 0.3 is 0 Å². The molecule has 4 heteroatoms. The molecule has 2 N–H and O–H groups in total. The van der Waals surface area contributed by atoms with E-state index in [2.05, 4.69) is 59.3 Å². The number of hydrogen-bond donors (Lipinski definition) is 2. The molecule has 2 aromatic rings. The van der Waals surface area contributed by atoms with Gasteiger partial charge in [0.15, 0.2) is 0 Å². The predicted octanol–water partition coefficient (Wildman–Crippen LogP) is 5.07. The van der Waals surface area contributed by atoms with Crippen LogP contribution in [0, 0.1) is 5.92 Å². The van der Waals surface area contributed by atoms with Gasteiger partial charge in [0.05, 0.1) is 5.70 Å². The molecule has 2 aliphatic heterocycles. The molecule has 1 fully saturated rings. The third-order valence-corrected chi connectivity index (χ3v) is 6.04. The molecule has 0 aromatic heterocycles. The summed E-state index contributed by atoms with van der Waals surface area (Å²) in [6.07, 6.45) is 5.23. The summed E-state index contributed by atoms with van der Waals surface area (Å²) in [6.45, 7) is 8.48. The quantitative estimate of drug-likeness (QED) is 0.720. The molecule has 4 rings (SSSR count). The summed E-state index contributed by atoms with van der Waals surface area (Å²) in [5.74, 6) is 2.43. The van der Waals surface area contributed by atoms with E-state index >= 15 is 0 Å². The monoisotopic (exact) mass is 413 g/mol. The molecule has 4 nitrogen and oxygen atoms in total. The molecule has 2 aliphatic rings. The van der Waals surface area contributed by atoms with Gasteiger partial charge < -0.3 is 15.3 Å². The molecule has 0 amide bonds. The number of nitrogens with one attached hydrogen (secondary N) is 1. The van der Waals surface area contributed by atoms with Crippen LogP contribution in [0.2, 0.25) is 0 Å². The minimum Gasteiger partial charge on any atom is -0.396 e. The maximum Gasteiger partial charge on any atom is 0.140 e. The molecule has 0 unspecified atom stereocenters. The maximum absolute atomic E-state index is 9.28. The highest BCUT2D eigenvalue weighted by Gasteiger charge is 2.24. The van der Waals surface area contributed by atoms with E-state index in [4.69, 9.17) is 4.99 Å². The first-order chi connectivity index (χ1) is 15.2. The van der Waals surface area contributed by atoms with Crippen LogP contribution in [0.4, 0.5) is 0 Å². The van der Waals surface area contributed by atoms with Gasteiger partial charge in [0.2, 0.25) is 0 Å². The van der Waals surface area contributed by atoms with E-state index in [1.807, 2.05) is 31.2 Å². The lowest BCUT2D eigenvalue weighted by Crippen LogP contribution is -2.39. The number of allylic oxidation sites excluding steroid dienone is 2. The second-order valence-electron chi connectivity index (χ2n) is 8.33. The van der Waals surface area contributed by atoms with Crippen LogP contribution in [0.15, 0.2) is 89.7 Å². The summed E-state index contributed by atoms with van der Waals surface area (Å²) < 4.78 is 0. The molecule has 0 radical (unpaired) electrons. The van der Waals surface area contributed by atoms with Crippen molar-refractivity contribution in [2.75, 3.05) is 19.7 Å². The number of aliphatic imine (C=N–C) groups is 1. The van der Waals surface area contributed by atoms with Gasteiger partial charge in [-0.15, -0.1) is 0 Å². The van der Waals surface area contributed by atoms with E-state index in [-0.39, 0.29) is 6.61 Å². The Morgan fingerprint density at radius 3 is 2.32 bits per heavy atom. The Kier molecular flexibility index (Phi) is 6.68. The van der Waals surface area contributed by atoms with E-state index in [0.717, 1.165) is 72.0 Å². The number of aliphatic hydroxyl groups excluding tert-OH is 1. The number of rotatable bonds is 5. The molecule has 2 aromatic carbocycles. The van der Waals surface area contributed by atoms with E-state index in [1.165, 1.54) is 0 Å². The van der Waals surface area contributed by atoms with Crippen LogP contribution in [0.5, 0.6) is 0 Å². The van der Waals surface area contributed by atoms with Crippen LogP contribution >= 0.6 is 0 Å². The molecule has 1 saturated heterocycles. The number of amidine groups is 1. The highest BCUT2D eigenvalue weighted by Crippen LogP contribution is 2.30. The fourth-order valence-corrected chi connectivity index (χ4v) is 4.34. The summed E-state index contributed by atoms with van der Waals surface area (Å²) in [7, 11) is 0. The second-order valence-corrected chi connectivity index (χ2v) is 8.33. The van der Waals surface area contributed by atoms with Crippen LogP contribution in [0.25, 0.3) is 11.3 Å². The van der Waals surface area contributed by atoms with Crippen molar-refractivity contribution in [3.63, 3.8) is 0 Å². The SMILES string of the molecule is C=C(C)/C(=C1\N=C(N2CCC(CCO)CC2)C=C(c2ccccc2)N1)c1ccccc1. The molecule has 0 atom stereocenters. The highest BCUT2D eigenvalue weighted by atomic mass is 16.3. The van der Waals surface area contributed by atoms with Crippen molar-refractivity contribution in [1.82, 2.24) is 10.2 Å². The maximum atomic E-state index is 9.28. The van der Waals surface area contributed by atoms with Gasteiger partial charge in [0.25, 0.3) is 0 Å².